The van der Waals surface area contributed by atoms with Gasteiger partial charge in [0.1, 0.15) is 0 Å². The second-order valence-corrected chi connectivity index (χ2v) is 3.50. The second-order valence-electron chi connectivity index (χ2n) is 2.94. The van der Waals surface area contributed by atoms with Gasteiger partial charge >= 0.3 is 6.36 Å². The van der Waals surface area contributed by atoms with Gasteiger partial charge < -0.3 is 9.47 Å². The Bertz CT molecular complexity index is 418. The average Bonchev–Trinajstić information content (AvgIpc) is 2.26. The second kappa shape index (κ2) is 5.39. The topological polar surface area (TPSA) is 35.5 Å². The number of hydrogen-bond acceptors (Lipinski definition) is 3. The van der Waals surface area contributed by atoms with E-state index in [0.717, 1.165) is 0 Å². The van der Waals surface area contributed by atoms with Crippen LogP contribution in [0, 0.1) is 0 Å². The van der Waals surface area contributed by atoms with E-state index in [-0.39, 0.29) is 16.6 Å². The number of alkyl halides is 4. The summed E-state index contributed by atoms with van der Waals surface area (Å²) < 4.78 is 45.2. The van der Waals surface area contributed by atoms with Gasteiger partial charge in [-0.2, -0.15) is 0 Å². The Balaban J connectivity index is 3.25. The Hall–Kier alpha value is -1.24. The van der Waals surface area contributed by atoms with Crippen LogP contribution in [0.15, 0.2) is 18.2 Å². The number of methoxy groups -OCH3 is 1. The van der Waals surface area contributed by atoms with E-state index < -0.39 is 17.9 Å². The zero-order valence-electron chi connectivity index (χ0n) is 8.68. The molecule has 7 heteroatoms. The van der Waals surface area contributed by atoms with Crippen molar-refractivity contribution in [2.75, 3.05) is 12.4 Å². The number of para-hydroxylation sites is 1. The molecule has 1 rings (SSSR count). The number of rotatable bonds is 4. The molecule has 0 amide bonds. The molecule has 0 saturated heterocycles. The van der Waals surface area contributed by atoms with Crippen LogP contribution in [-0.2, 0) is 0 Å². The van der Waals surface area contributed by atoms with E-state index >= 15 is 0 Å². The molecule has 94 valence electrons. The van der Waals surface area contributed by atoms with Crippen molar-refractivity contribution in [3.63, 3.8) is 0 Å². The summed E-state index contributed by atoms with van der Waals surface area (Å²) in [7, 11) is 1.20. The smallest absolute Gasteiger partial charge is 0.493 e. The first-order valence-corrected chi connectivity index (χ1v) is 5.53. The van der Waals surface area contributed by atoms with Crippen molar-refractivity contribution >= 4 is 21.7 Å². The third-order valence-electron chi connectivity index (χ3n) is 1.84. The van der Waals surface area contributed by atoms with Gasteiger partial charge in [-0.15, -0.1) is 13.2 Å². The van der Waals surface area contributed by atoms with Crippen molar-refractivity contribution in [1.82, 2.24) is 0 Å². The summed E-state index contributed by atoms with van der Waals surface area (Å²) in [5.41, 5.74) is -0.182. The van der Waals surface area contributed by atoms with Crippen LogP contribution in [0.25, 0.3) is 0 Å². The maximum Gasteiger partial charge on any atom is 0.573 e. The summed E-state index contributed by atoms with van der Waals surface area (Å²) in [6, 6.07) is 3.94. The van der Waals surface area contributed by atoms with Gasteiger partial charge in [-0.1, -0.05) is 22.0 Å². The lowest BCUT2D eigenvalue weighted by atomic mass is 10.1. The summed E-state index contributed by atoms with van der Waals surface area (Å²) >= 11 is 2.88. The molecule has 1 aromatic carbocycles. The molecule has 0 unspecified atom stereocenters. The predicted octanol–water partition coefficient (Wildman–Crippen LogP) is 3.17. The molecule has 1 aromatic rings. The Morgan fingerprint density at radius 3 is 2.53 bits per heavy atom. The number of ether oxygens (including phenoxy) is 2. The minimum atomic E-state index is -4.88. The molecule has 0 atom stereocenters. The number of carbonyl (C=O) groups excluding carboxylic acids is 1. The minimum Gasteiger partial charge on any atom is -0.493 e. The van der Waals surface area contributed by atoms with E-state index in [1.54, 1.807) is 0 Å². The van der Waals surface area contributed by atoms with Crippen LogP contribution in [0.3, 0.4) is 0 Å². The quantitative estimate of drug-likeness (QED) is 0.633. The first-order chi connectivity index (χ1) is 7.89. The van der Waals surface area contributed by atoms with Gasteiger partial charge in [0.05, 0.1) is 18.0 Å². The van der Waals surface area contributed by atoms with E-state index in [2.05, 4.69) is 20.7 Å². The Morgan fingerprint density at radius 1 is 1.41 bits per heavy atom. The lowest BCUT2D eigenvalue weighted by molar-refractivity contribution is -0.275. The standard InChI is InChI=1S/C10H8BrF3O3/c1-16-8-4-2-3-6(7(15)5-11)9(8)17-10(12,13)14/h2-4H,5H2,1H3. The molecule has 0 N–H and O–H groups in total. The van der Waals surface area contributed by atoms with E-state index in [9.17, 15) is 18.0 Å². The summed E-state index contributed by atoms with van der Waals surface area (Å²) in [6.45, 7) is 0. The van der Waals surface area contributed by atoms with Crippen molar-refractivity contribution in [3.8, 4) is 11.5 Å². The summed E-state index contributed by atoms with van der Waals surface area (Å²) in [6.07, 6.45) is -4.88. The van der Waals surface area contributed by atoms with Crippen molar-refractivity contribution in [2.24, 2.45) is 0 Å². The number of halogens is 4. The highest BCUT2D eigenvalue weighted by molar-refractivity contribution is 9.09. The molecule has 0 aliphatic rings. The SMILES string of the molecule is COc1cccc(C(=O)CBr)c1OC(F)(F)F. The van der Waals surface area contributed by atoms with Gasteiger partial charge in [-0.05, 0) is 12.1 Å². The monoisotopic (exact) mass is 312 g/mol. The molecule has 0 aromatic heterocycles. The highest BCUT2D eigenvalue weighted by Crippen LogP contribution is 2.35. The third kappa shape index (κ3) is 3.62. The van der Waals surface area contributed by atoms with Gasteiger partial charge in [0.2, 0.25) is 0 Å². The first kappa shape index (κ1) is 13.8. The molecular formula is C10H8BrF3O3. The maximum absolute atomic E-state index is 12.2. The fraction of sp³-hybridized carbons (Fsp3) is 0.300. The Kier molecular flexibility index (Phi) is 4.39. The van der Waals surface area contributed by atoms with Crippen LogP contribution in [0.5, 0.6) is 11.5 Å². The average molecular weight is 313 g/mol. The highest BCUT2D eigenvalue weighted by Gasteiger charge is 2.34. The largest absolute Gasteiger partial charge is 0.573 e. The van der Waals surface area contributed by atoms with Crippen LogP contribution in [0.4, 0.5) is 13.2 Å². The zero-order valence-corrected chi connectivity index (χ0v) is 10.3. The molecule has 0 bridgehead atoms. The third-order valence-corrected chi connectivity index (χ3v) is 2.35. The molecule has 0 aliphatic heterocycles. The molecule has 17 heavy (non-hydrogen) atoms. The summed E-state index contributed by atoms with van der Waals surface area (Å²) in [5.74, 6) is -1.29. The molecule has 0 radical (unpaired) electrons. The van der Waals surface area contributed by atoms with E-state index in [4.69, 9.17) is 4.74 Å². The molecular weight excluding hydrogens is 305 g/mol. The van der Waals surface area contributed by atoms with Gasteiger partial charge in [0, 0.05) is 0 Å². The summed E-state index contributed by atoms with van der Waals surface area (Å²) in [4.78, 5) is 11.4. The number of ketones is 1. The van der Waals surface area contributed by atoms with E-state index in [1.165, 1.54) is 25.3 Å². The number of hydrogen-bond donors (Lipinski definition) is 0. The van der Waals surface area contributed by atoms with Crippen molar-refractivity contribution < 1.29 is 27.4 Å². The first-order valence-electron chi connectivity index (χ1n) is 4.41. The van der Waals surface area contributed by atoms with Gasteiger partial charge in [-0.3, -0.25) is 4.79 Å². The molecule has 3 nitrogen and oxygen atoms in total. The molecule has 0 aliphatic carbocycles. The minimum absolute atomic E-state index is 0.103. The predicted molar refractivity (Wildman–Crippen MR) is 57.8 cm³/mol. The zero-order chi connectivity index (χ0) is 13.1. The normalized spacial score (nSPS) is 11.1. The molecule has 0 saturated carbocycles. The van der Waals surface area contributed by atoms with Crippen LogP contribution in [0.1, 0.15) is 10.4 Å². The van der Waals surface area contributed by atoms with Crippen LogP contribution >= 0.6 is 15.9 Å². The van der Waals surface area contributed by atoms with E-state index in [0.29, 0.717) is 0 Å². The van der Waals surface area contributed by atoms with Crippen molar-refractivity contribution in [2.45, 2.75) is 6.36 Å². The van der Waals surface area contributed by atoms with E-state index in [1.807, 2.05) is 0 Å². The van der Waals surface area contributed by atoms with Gasteiger partial charge in [0.25, 0.3) is 0 Å². The lowest BCUT2D eigenvalue weighted by Gasteiger charge is -2.15. The van der Waals surface area contributed by atoms with Crippen LogP contribution in [-0.4, -0.2) is 24.6 Å². The fourth-order valence-electron chi connectivity index (χ4n) is 1.19. The molecule has 0 heterocycles. The Labute approximate surface area is 104 Å². The number of benzene rings is 1. The number of carbonyl (C=O) groups is 1. The van der Waals surface area contributed by atoms with Crippen LogP contribution in [0.2, 0.25) is 0 Å². The van der Waals surface area contributed by atoms with Crippen molar-refractivity contribution in [1.29, 1.82) is 0 Å². The van der Waals surface area contributed by atoms with Gasteiger partial charge in [0.15, 0.2) is 17.3 Å². The van der Waals surface area contributed by atoms with Gasteiger partial charge in [-0.25, -0.2) is 0 Å². The maximum atomic E-state index is 12.2. The molecule has 0 fully saturated rings. The van der Waals surface area contributed by atoms with Crippen molar-refractivity contribution in [3.05, 3.63) is 23.8 Å². The molecule has 0 spiro atoms. The van der Waals surface area contributed by atoms with Crippen LogP contribution < -0.4 is 9.47 Å². The fourth-order valence-corrected chi connectivity index (χ4v) is 1.49. The highest BCUT2D eigenvalue weighted by atomic mass is 79.9. The Morgan fingerprint density at radius 2 is 2.06 bits per heavy atom. The lowest BCUT2D eigenvalue weighted by Crippen LogP contribution is -2.19. The summed E-state index contributed by atoms with van der Waals surface area (Å²) in [5, 5.41) is -0.103. The number of Topliss-reactive ketones (excluding diaryl/α,β-unsaturated/α-hetero) is 1.